The van der Waals surface area contributed by atoms with Crippen LogP contribution >= 0.6 is 0 Å². The van der Waals surface area contributed by atoms with Gasteiger partial charge in [-0.3, -0.25) is 4.99 Å². The summed E-state index contributed by atoms with van der Waals surface area (Å²) in [5.41, 5.74) is 9.29. The first-order valence-corrected chi connectivity index (χ1v) is 9.70. The van der Waals surface area contributed by atoms with Crippen LogP contribution in [0.3, 0.4) is 0 Å². The molecule has 0 unspecified atom stereocenters. The van der Waals surface area contributed by atoms with Crippen LogP contribution in [0.1, 0.15) is 58.3 Å². The second kappa shape index (κ2) is 8.73. The smallest absolute Gasteiger partial charge is 0.416 e. The number of aryl methyl sites for hydroxylation is 1. The number of hydrogen-bond donors (Lipinski definition) is 2. The molecule has 0 aromatic heterocycles. The maximum Gasteiger partial charge on any atom is 0.416 e. The zero-order valence-corrected chi connectivity index (χ0v) is 16.6. The number of halogens is 3. The van der Waals surface area contributed by atoms with Crippen molar-refractivity contribution in [3.8, 4) is 0 Å². The number of allylic oxidation sites excluding steroid dienone is 1. The Labute approximate surface area is 172 Å². The van der Waals surface area contributed by atoms with Crippen molar-refractivity contribution in [2.45, 2.75) is 45.3 Å². The van der Waals surface area contributed by atoms with E-state index in [-0.39, 0.29) is 17.7 Å². The number of nitrogens with two attached hydrogens (primary N) is 1. The summed E-state index contributed by atoms with van der Waals surface area (Å²) in [5, 5.41) is 9.04. The molecule has 0 heterocycles. The molecule has 4 nitrogen and oxygen atoms in total. The third kappa shape index (κ3) is 4.72. The van der Waals surface area contributed by atoms with Gasteiger partial charge in [-0.15, -0.1) is 0 Å². The number of aliphatic imine (C=N–C) groups is 1. The topological polar surface area (TPSA) is 75.7 Å². The van der Waals surface area contributed by atoms with E-state index in [0.717, 1.165) is 30.2 Å². The van der Waals surface area contributed by atoms with Gasteiger partial charge >= 0.3 is 12.1 Å². The maximum absolute atomic E-state index is 13.4. The highest BCUT2D eigenvalue weighted by Gasteiger charge is 2.33. The van der Waals surface area contributed by atoms with Crippen molar-refractivity contribution in [1.82, 2.24) is 0 Å². The van der Waals surface area contributed by atoms with E-state index in [1.807, 2.05) is 0 Å². The van der Waals surface area contributed by atoms with E-state index in [1.54, 1.807) is 25.1 Å². The summed E-state index contributed by atoms with van der Waals surface area (Å²) in [7, 11) is 0. The molecule has 2 aromatic carbocycles. The Bertz CT molecular complexity index is 1010. The summed E-state index contributed by atoms with van der Waals surface area (Å²) < 4.78 is 40.2. The lowest BCUT2D eigenvalue weighted by Gasteiger charge is -2.21. The van der Waals surface area contributed by atoms with Crippen LogP contribution in [0.2, 0.25) is 0 Å². The van der Waals surface area contributed by atoms with Gasteiger partial charge in [0.25, 0.3) is 0 Å². The Hall–Kier alpha value is -3.09. The van der Waals surface area contributed by atoms with Gasteiger partial charge in [0, 0.05) is 11.4 Å². The first kappa shape index (κ1) is 21.6. The molecule has 1 aliphatic carbocycles. The predicted octanol–water partition coefficient (Wildman–Crippen LogP) is 5.60. The molecule has 0 aliphatic heterocycles. The summed E-state index contributed by atoms with van der Waals surface area (Å²) >= 11 is 0. The van der Waals surface area contributed by atoms with Crippen molar-refractivity contribution in [1.29, 1.82) is 0 Å². The Kier molecular flexibility index (Phi) is 6.29. The highest BCUT2D eigenvalue weighted by atomic mass is 19.4. The standard InChI is InChI=1S/C23H23F3N2O2/c1-14-5-4-7-19(23(24,25)26)18(14)13-28-20-8-3-2-6-17(20)21(27)15-9-11-16(12-10-15)22(29)30/h4-5,7,9-12H,2-3,6,8,13,27H2,1H3,(H,29,30). The SMILES string of the molecule is Cc1cccc(C(F)(F)F)c1CN=C1CCCCC1=C(N)c1ccc(C(=O)O)cc1. The molecule has 1 fully saturated rings. The molecule has 3 rings (SSSR count). The molecular weight excluding hydrogens is 393 g/mol. The van der Waals surface area contributed by atoms with Gasteiger partial charge in [-0.1, -0.05) is 24.3 Å². The van der Waals surface area contributed by atoms with Crippen molar-refractivity contribution in [3.63, 3.8) is 0 Å². The van der Waals surface area contributed by atoms with Gasteiger partial charge in [0.05, 0.1) is 17.7 Å². The fraction of sp³-hybridized carbons (Fsp3) is 0.304. The Morgan fingerprint density at radius 1 is 1.07 bits per heavy atom. The molecule has 1 aliphatic rings. The van der Waals surface area contributed by atoms with Crippen LogP contribution in [0.4, 0.5) is 13.2 Å². The van der Waals surface area contributed by atoms with Crippen molar-refractivity contribution >= 4 is 17.4 Å². The van der Waals surface area contributed by atoms with Crippen molar-refractivity contribution in [2.24, 2.45) is 10.7 Å². The first-order chi connectivity index (χ1) is 14.2. The van der Waals surface area contributed by atoms with E-state index in [1.165, 1.54) is 18.2 Å². The van der Waals surface area contributed by atoms with Crippen molar-refractivity contribution in [3.05, 3.63) is 75.9 Å². The van der Waals surface area contributed by atoms with E-state index in [2.05, 4.69) is 4.99 Å². The third-order valence-electron chi connectivity index (χ3n) is 5.35. The number of carboxylic acid groups (broad SMARTS) is 1. The molecule has 0 saturated heterocycles. The number of nitrogens with zero attached hydrogens (tertiary/aromatic N) is 1. The van der Waals surface area contributed by atoms with Gasteiger partial charge < -0.3 is 10.8 Å². The van der Waals surface area contributed by atoms with E-state index in [0.29, 0.717) is 29.7 Å². The second-order valence-corrected chi connectivity index (χ2v) is 7.34. The zero-order valence-electron chi connectivity index (χ0n) is 16.6. The molecule has 0 bridgehead atoms. The summed E-state index contributed by atoms with van der Waals surface area (Å²) in [6, 6.07) is 10.4. The van der Waals surface area contributed by atoms with Gasteiger partial charge in [0.1, 0.15) is 0 Å². The van der Waals surface area contributed by atoms with Crippen molar-refractivity contribution in [2.75, 3.05) is 0 Å². The van der Waals surface area contributed by atoms with Gasteiger partial charge in [-0.25, -0.2) is 4.79 Å². The Morgan fingerprint density at radius 3 is 2.33 bits per heavy atom. The van der Waals surface area contributed by atoms with E-state index < -0.39 is 17.7 Å². The second-order valence-electron chi connectivity index (χ2n) is 7.34. The summed E-state index contributed by atoms with van der Waals surface area (Å²) in [6.07, 6.45) is -1.28. The number of hydrogen-bond acceptors (Lipinski definition) is 3. The van der Waals surface area contributed by atoms with Crippen LogP contribution in [0.25, 0.3) is 5.70 Å². The average molecular weight is 416 g/mol. The van der Waals surface area contributed by atoms with Crippen LogP contribution in [0.5, 0.6) is 0 Å². The number of rotatable bonds is 4. The molecular formula is C23H23F3N2O2. The Balaban J connectivity index is 1.96. The number of carboxylic acids is 1. The number of alkyl halides is 3. The van der Waals surface area contributed by atoms with E-state index >= 15 is 0 Å². The van der Waals surface area contributed by atoms with Gasteiger partial charge in [-0.2, -0.15) is 13.2 Å². The molecule has 0 atom stereocenters. The monoisotopic (exact) mass is 416 g/mol. The largest absolute Gasteiger partial charge is 0.478 e. The van der Waals surface area contributed by atoms with Gasteiger partial charge in [0.2, 0.25) is 0 Å². The number of aromatic carboxylic acids is 1. The molecule has 0 amide bonds. The first-order valence-electron chi connectivity index (χ1n) is 9.70. The Morgan fingerprint density at radius 2 is 1.70 bits per heavy atom. The van der Waals surface area contributed by atoms with Crippen molar-refractivity contribution < 1.29 is 23.1 Å². The molecule has 30 heavy (non-hydrogen) atoms. The highest BCUT2D eigenvalue weighted by molar-refractivity contribution is 6.06. The molecule has 1 saturated carbocycles. The molecule has 158 valence electrons. The maximum atomic E-state index is 13.4. The lowest BCUT2D eigenvalue weighted by Crippen LogP contribution is -2.16. The minimum atomic E-state index is -4.43. The highest BCUT2D eigenvalue weighted by Crippen LogP contribution is 2.34. The molecule has 0 spiro atoms. The lowest BCUT2D eigenvalue weighted by atomic mass is 9.89. The summed E-state index contributed by atoms with van der Waals surface area (Å²) in [4.78, 5) is 15.6. The van der Waals surface area contributed by atoms with E-state index in [9.17, 15) is 18.0 Å². The number of benzene rings is 2. The van der Waals surface area contributed by atoms with Crippen LogP contribution in [-0.4, -0.2) is 16.8 Å². The fourth-order valence-corrected chi connectivity index (χ4v) is 3.67. The summed E-state index contributed by atoms with van der Waals surface area (Å²) in [6.45, 7) is 1.59. The predicted molar refractivity (Wildman–Crippen MR) is 110 cm³/mol. The third-order valence-corrected chi connectivity index (χ3v) is 5.35. The normalized spacial score (nSPS) is 17.8. The van der Waals surface area contributed by atoms with Gasteiger partial charge in [0.15, 0.2) is 0 Å². The minimum Gasteiger partial charge on any atom is -0.478 e. The average Bonchev–Trinajstić information content (AvgIpc) is 2.72. The van der Waals surface area contributed by atoms with Crippen LogP contribution in [0, 0.1) is 6.92 Å². The van der Waals surface area contributed by atoms with Crippen LogP contribution < -0.4 is 5.73 Å². The van der Waals surface area contributed by atoms with Crippen LogP contribution in [-0.2, 0) is 12.7 Å². The lowest BCUT2D eigenvalue weighted by molar-refractivity contribution is -0.138. The molecule has 0 radical (unpaired) electrons. The zero-order chi connectivity index (χ0) is 21.9. The minimum absolute atomic E-state index is 0.0639. The quantitative estimate of drug-likeness (QED) is 0.681. The summed E-state index contributed by atoms with van der Waals surface area (Å²) in [5.74, 6) is -1.02. The van der Waals surface area contributed by atoms with Crippen LogP contribution in [0.15, 0.2) is 53.0 Å². The molecule has 3 N–H and O–H groups in total. The fourth-order valence-electron chi connectivity index (χ4n) is 3.67. The molecule has 2 aromatic rings. The number of carbonyl (C=O) groups is 1. The van der Waals surface area contributed by atoms with Gasteiger partial charge in [-0.05, 0) is 73.1 Å². The molecule has 7 heteroatoms. The van der Waals surface area contributed by atoms with E-state index in [4.69, 9.17) is 10.8 Å².